The van der Waals surface area contributed by atoms with Crippen LogP contribution in [0.15, 0.2) is 42.6 Å². The van der Waals surface area contributed by atoms with Crippen molar-refractivity contribution >= 4 is 17.9 Å². The number of rotatable bonds is 7. The van der Waals surface area contributed by atoms with Gasteiger partial charge in [-0.25, -0.2) is 14.8 Å². The molecule has 2 aliphatic heterocycles. The summed E-state index contributed by atoms with van der Waals surface area (Å²) in [5.74, 6) is 2.21. The molecule has 5 rings (SSSR count). The normalized spacial score (nSPS) is 16.3. The molecule has 1 aromatic carbocycles. The lowest BCUT2D eigenvalue weighted by Gasteiger charge is -2.33. The van der Waals surface area contributed by atoms with Crippen LogP contribution in [0.3, 0.4) is 0 Å². The molecule has 0 saturated carbocycles. The highest BCUT2D eigenvalue weighted by molar-refractivity contribution is 5.68. The van der Waals surface area contributed by atoms with Crippen molar-refractivity contribution < 1.29 is 23.7 Å². The van der Waals surface area contributed by atoms with Crippen LogP contribution in [-0.4, -0.2) is 71.1 Å². The second-order valence-corrected chi connectivity index (χ2v) is 11.7. The van der Waals surface area contributed by atoms with E-state index in [1.807, 2.05) is 45.0 Å². The number of hydrogen-bond donors (Lipinski definition) is 1. The Kier molecular flexibility index (Phi) is 9.26. The molecular formula is C32H38N6O5. The van der Waals surface area contributed by atoms with Gasteiger partial charge in [-0.2, -0.15) is 10.2 Å². The van der Waals surface area contributed by atoms with Crippen molar-refractivity contribution in [2.45, 2.75) is 64.1 Å². The van der Waals surface area contributed by atoms with E-state index in [1.54, 1.807) is 30.3 Å². The number of aromatic nitrogens is 3. The summed E-state index contributed by atoms with van der Waals surface area (Å²) in [4.78, 5) is 27.9. The Morgan fingerprint density at radius 2 is 1.84 bits per heavy atom. The number of nitriles is 1. The molecule has 0 spiro atoms. The third-order valence-electron chi connectivity index (χ3n) is 7.42. The fourth-order valence-corrected chi connectivity index (χ4v) is 5.24. The number of piperidine rings is 1. The Bertz CT molecular complexity index is 1470. The van der Waals surface area contributed by atoms with E-state index in [4.69, 9.17) is 18.9 Å². The molecule has 4 heterocycles. The van der Waals surface area contributed by atoms with Gasteiger partial charge in [0, 0.05) is 43.3 Å². The van der Waals surface area contributed by atoms with Gasteiger partial charge in [-0.05, 0) is 75.9 Å². The number of amides is 1. The molecule has 2 aliphatic rings. The van der Waals surface area contributed by atoms with E-state index in [-0.39, 0.29) is 18.1 Å². The highest BCUT2D eigenvalue weighted by Gasteiger charge is 2.29. The number of carbonyl (C=O) groups is 1. The van der Waals surface area contributed by atoms with E-state index < -0.39 is 5.60 Å². The third-order valence-corrected chi connectivity index (χ3v) is 7.42. The number of benzene rings is 1. The lowest BCUT2D eigenvalue weighted by atomic mass is 9.90. The second kappa shape index (κ2) is 13.3. The minimum atomic E-state index is -0.517. The lowest BCUT2D eigenvalue weighted by molar-refractivity contribution is 0.0204. The first-order valence-corrected chi connectivity index (χ1v) is 14.6. The SMILES string of the molecule is COc1nc(Nc2nccc(-c3ccc(OC4CCOCC4)c(C#N)c3)n2)ccc1C1CCN(C(=O)OC(C)(C)C)CC1. The number of anilines is 2. The van der Waals surface area contributed by atoms with Crippen molar-refractivity contribution in [2.75, 3.05) is 38.7 Å². The number of methoxy groups -OCH3 is 1. The minimum absolute atomic E-state index is 0.0440. The van der Waals surface area contributed by atoms with Gasteiger partial charge in [-0.15, -0.1) is 0 Å². The van der Waals surface area contributed by atoms with Crippen molar-refractivity contribution in [1.29, 1.82) is 5.26 Å². The molecule has 2 fully saturated rings. The van der Waals surface area contributed by atoms with E-state index in [0.29, 0.717) is 61.0 Å². The third kappa shape index (κ3) is 7.70. The van der Waals surface area contributed by atoms with Crippen LogP contribution in [-0.2, 0) is 9.47 Å². The molecule has 0 atom stereocenters. The highest BCUT2D eigenvalue weighted by Crippen LogP contribution is 2.35. The van der Waals surface area contributed by atoms with Crippen molar-refractivity contribution in [2.24, 2.45) is 0 Å². The standard InChI is InChI=1S/C32H38N6O5/c1-32(2,3)43-31(39)38-15-10-21(11-16-38)25-6-8-28(36-29(25)40-4)37-30-34-14-9-26(35-30)22-5-7-27(23(19-22)20-33)42-24-12-17-41-18-13-24/h5-9,14,19,21,24H,10-13,15-18H2,1-4H3,(H,34,35,36,37). The number of nitrogens with one attached hydrogen (secondary N) is 1. The molecule has 0 radical (unpaired) electrons. The zero-order valence-electron chi connectivity index (χ0n) is 25.1. The number of likely N-dealkylation sites (tertiary alicyclic amines) is 1. The summed E-state index contributed by atoms with van der Waals surface area (Å²) < 4.78 is 22.7. The molecule has 0 bridgehead atoms. The molecule has 43 heavy (non-hydrogen) atoms. The van der Waals surface area contributed by atoms with Gasteiger partial charge < -0.3 is 29.2 Å². The summed E-state index contributed by atoms with van der Waals surface area (Å²) in [6, 6.07) is 13.4. The first-order chi connectivity index (χ1) is 20.7. The summed E-state index contributed by atoms with van der Waals surface area (Å²) in [5, 5.41) is 12.9. The van der Waals surface area contributed by atoms with Crippen molar-refractivity contribution in [3.63, 3.8) is 0 Å². The van der Waals surface area contributed by atoms with Crippen LogP contribution >= 0.6 is 0 Å². The molecular weight excluding hydrogens is 548 g/mol. The Morgan fingerprint density at radius 3 is 2.53 bits per heavy atom. The van der Waals surface area contributed by atoms with E-state index in [1.165, 1.54) is 0 Å². The van der Waals surface area contributed by atoms with Crippen molar-refractivity contribution in [1.82, 2.24) is 19.9 Å². The molecule has 11 heteroatoms. The summed E-state index contributed by atoms with van der Waals surface area (Å²) in [6.45, 7) is 8.17. The maximum absolute atomic E-state index is 12.5. The van der Waals surface area contributed by atoms with Gasteiger partial charge in [0.2, 0.25) is 11.8 Å². The maximum atomic E-state index is 12.5. The summed E-state index contributed by atoms with van der Waals surface area (Å²) >= 11 is 0. The highest BCUT2D eigenvalue weighted by atomic mass is 16.6. The quantitative estimate of drug-likeness (QED) is 0.360. The molecule has 226 valence electrons. The van der Waals surface area contributed by atoms with Gasteiger partial charge in [0.25, 0.3) is 0 Å². The summed E-state index contributed by atoms with van der Waals surface area (Å²) in [5.41, 5.74) is 2.37. The molecule has 0 unspecified atom stereocenters. The molecule has 0 aliphatic carbocycles. The Morgan fingerprint density at radius 1 is 1.07 bits per heavy atom. The molecule has 2 aromatic heterocycles. The average molecular weight is 587 g/mol. The van der Waals surface area contributed by atoms with Crippen LogP contribution in [0.5, 0.6) is 11.6 Å². The van der Waals surface area contributed by atoms with E-state index >= 15 is 0 Å². The monoisotopic (exact) mass is 586 g/mol. The molecule has 1 amide bonds. The van der Waals surface area contributed by atoms with Gasteiger partial charge in [0.1, 0.15) is 29.3 Å². The van der Waals surface area contributed by atoms with E-state index in [0.717, 1.165) is 36.8 Å². The van der Waals surface area contributed by atoms with Crippen LogP contribution in [0, 0.1) is 11.3 Å². The first-order valence-electron chi connectivity index (χ1n) is 14.6. The predicted molar refractivity (Wildman–Crippen MR) is 161 cm³/mol. The Labute approximate surface area is 252 Å². The minimum Gasteiger partial charge on any atom is -0.489 e. The van der Waals surface area contributed by atoms with Crippen LogP contribution in [0.4, 0.5) is 16.6 Å². The van der Waals surface area contributed by atoms with Crippen molar-refractivity contribution in [3.05, 3.63) is 53.7 Å². The number of nitrogens with zero attached hydrogens (tertiary/aromatic N) is 5. The number of hydrogen-bond acceptors (Lipinski definition) is 10. The second-order valence-electron chi connectivity index (χ2n) is 11.7. The van der Waals surface area contributed by atoms with Gasteiger partial charge in [-0.1, -0.05) is 0 Å². The fraction of sp³-hybridized carbons (Fsp3) is 0.469. The Hall–Kier alpha value is -4.43. The zero-order chi connectivity index (χ0) is 30.4. The van der Waals surface area contributed by atoms with Gasteiger partial charge in [0.15, 0.2) is 0 Å². The average Bonchev–Trinajstić information content (AvgIpc) is 3.01. The van der Waals surface area contributed by atoms with E-state index in [9.17, 15) is 10.1 Å². The number of ether oxygens (including phenoxy) is 4. The summed E-state index contributed by atoms with van der Waals surface area (Å²) in [7, 11) is 1.60. The van der Waals surface area contributed by atoms with Gasteiger partial charge in [-0.3, -0.25) is 0 Å². The molecule has 2 saturated heterocycles. The summed E-state index contributed by atoms with van der Waals surface area (Å²) in [6.07, 6.45) is 4.62. The Balaban J connectivity index is 1.25. The predicted octanol–water partition coefficient (Wildman–Crippen LogP) is 5.83. The zero-order valence-corrected chi connectivity index (χ0v) is 25.1. The molecule has 1 N–H and O–H groups in total. The van der Waals surface area contributed by atoms with Crippen LogP contribution in [0.25, 0.3) is 11.3 Å². The van der Waals surface area contributed by atoms with Crippen LogP contribution < -0.4 is 14.8 Å². The topological polar surface area (TPSA) is 132 Å². The number of carbonyl (C=O) groups excluding carboxylic acids is 1. The van der Waals surface area contributed by atoms with Crippen LogP contribution in [0.1, 0.15) is 63.5 Å². The molecule has 3 aromatic rings. The number of pyridine rings is 1. The van der Waals surface area contributed by atoms with Gasteiger partial charge >= 0.3 is 6.09 Å². The van der Waals surface area contributed by atoms with E-state index in [2.05, 4.69) is 26.3 Å². The fourth-order valence-electron chi connectivity index (χ4n) is 5.24. The van der Waals surface area contributed by atoms with Gasteiger partial charge in [0.05, 0.1) is 31.6 Å². The van der Waals surface area contributed by atoms with Crippen LogP contribution in [0.2, 0.25) is 0 Å². The first kappa shape index (κ1) is 30.0. The van der Waals surface area contributed by atoms with Crippen molar-refractivity contribution in [3.8, 4) is 29.0 Å². The lowest BCUT2D eigenvalue weighted by Crippen LogP contribution is -2.41. The smallest absolute Gasteiger partial charge is 0.410 e. The maximum Gasteiger partial charge on any atom is 0.410 e. The largest absolute Gasteiger partial charge is 0.489 e. The molecule has 11 nitrogen and oxygen atoms in total.